The van der Waals surface area contributed by atoms with Gasteiger partial charge in [0.05, 0.1) is 11.1 Å². The summed E-state index contributed by atoms with van der Waals surface area (Å²) in [7, 11) is 0. The van der Waals surface area contributed by atoms with Crippen molar-refractivity contribution in [2.75, 3.05) is 6.54 Å². The van der Waals surface area contributed by atoms with Crippen molar-refractivity contribution >= 4 is 40.1 Å². The number of carbonyl (C=O) groups is 1. The molecule has 0 aliphatic carbocycles. The Hall–Kier alpha value is -1.28. The van der Waals surface area contributed by atoms with Crippen LogP contribution in [0.4, 0.5) is 13.2 Å². The van der Waals surface area contributed by atoms with Crippen molar-refractivity contribution in [1.29, 1.82) is 0 Å². The van der Waals surface area contributed by atoms with Crippen LogP contribution < -0.4 is 5.32 Å². The van der Waals surface area contributed by atoms with Crippen molar-refractivity contribution < 1.29 is 18.0 Å². The third-order valence-electron chi connectivity index (χ3n) is 3.16. The van der Waals surface area contributed by atoms with Gasteiger partial charge in [-0.1, -0.05) is 23.7 Å². The van der Waals surface area contributed by atoms with E-state index in [0.29, 0.717) is 23.6 Å². The summed E-state index contributed by atoms with van der Waals surface area (Å²) in [5, 5.41) is 3.30. The smallest absolute Gasteiger partial charge is 0.352 e. The number of nitrogens with one attached hydrogen (secondary N) is 1. The minimum absolute atomic E-state index is 0.238. The maximum Gasteiger partial charge on any atom is 0.416 e. The molecule has 0 bridgehead atoms. The molecule has 0 heterocycles. The van der Waals surface area contributed by atoms with Crippen LogP contribution in [0.15, 0.2) is 42.5 Å². The third kappa shape index (κ3) is 5.10. The van der Waals surface area contributed by atoms with E-state index in [1.54, 1.807) is 18.2 Å². The van der Waals surface area contributed by atoms with Crippen molar-refractivity contribution in [2.45, 2.75) is 12.6 Å². The Balaban J connectivity index is 1.90. The SMILES string of the molecule is O=C(NCCc1ccc(C(F)(F)F)cc1)c1ccc(Cl)cc1I. The fraction of sp³-hybridized carbons (Fsp3) is 0.188. The molecule has 0 radical (unpaired) electrons. The minimum atomic E-state index is -4.34. The number of hydrogen-bond donors (Lipinski definition) is 1. The zero-order valence-corrected chi connectivity index (χ0v) is 14.7. The number of halogens is 5. The molecule has 2 aromatic carbocycles. The summed E-state index contributed by atoms with van der Waals surface area (Å²) in [4.78, 5) is 12.0. The van der Waals surface area contributed by atoms with Crippen molar-refractivity contribution in [3.05, 3.63) is 67.7 Å². The predicted octanol–water partition coefficient (Wildman–Crippen LogP) is 4.94. The second kappa shape index (κ2) is 7.53. The molecule has 0 saturated carbocycles. The van der Waals surface area contributed by atoms with E-state index >= 15 is 0 Å². The Labute approximate surface area is 150 Å². The van der Waals surface area contributed by atoms with E-state index in [0.717, 1.165) is 21.3 Å². The first-order valence-electron chi connectivity index (χ1n) is 6.67. The zero-order valence-electron chi connectivity index (χ0n) is 11.8. The highest BCUT2D eigenvalue weighted by molar-refractivity contribution is 14.1. The first-order chi connectivity index (χ1) is 10.8. The van der Waals surface area contributed by atoms with E-state index in [4.69, 9.17) is 11.6 Å². The molecule has 0 atom stereocenters. The Bertz CT molecular complexity index is 701. The number of carbonyl (C=O) groups excluding carboxylic acids is 1. The van der Waals surface area contributed by atoms with E-state index in [9.17, 15) is 18.0 Å². The number of hydrogen-bond acceptors (Lipinski definition) is 1. The summed E-state index contributed by atoms with van der Waals surface area (Å²) in [6.07, 6.45) is -3.88. The molecule has 2 aromatic rings. The summed E-state index contributed by atoms with van der Waals surface area (Å²) < 4.78 is 38.1. The molecule has 0 aliphatic rings. The summed E-state index contributed by atoms with van der Waals surface area (Å²) in [5.41, 5.74) is 0.563. The van der Waals surface area contributed by atoms with Crippen LogP contribution in [0.2, 0.25) is 5.02 Å². The maximum atomic E-state index is 12.5. The van der Waals surface area contributed by atoms with Crippen LogP contribution in [-0.4, -0.2) is 12.5 Å². The first kappa shape index (κ1) is 18.1. The second-order valence-corrected chi connectivity index (χ2v) is 6.42. The molecule has 122 valence electrons. The van der Waals surface area contributed by atoms with E-state index in [1.807, 2.05) is 22.6 Å². The minimum Gasteiger partial charge on any atom is -0.352 e. The van der Waals surface area contributed by atoms with Crippen molar-refractivity contribution in [1.82, 2.24) is 5.32 Å². The van der Waals surface area contributed by atoms with Gasteiger partial charge < -0.3 is 5.32 Å². The highest BCUT2D eigenvalue weighted by atomic mass is 127. The lowest BCUT2D eigenvalue weighted by atomic mass is 10.1. The number of alkyl halides is 3. The third-order valence-corrected chi connectivity index (χ3v) is 4.28. The summed E-state index contributed by atoms with van der Waals surface area (Å²) in [6, 6.07) is 9.87. The Morgan fingerprint density at radius 1 is 1.13 bits per heavy atom. The summed E-state index contributed by atoms with van der Waals surface area (Å²) in [6.45, 7) is 0.336. The largest absolute Gasteiger partial charge is 0.416 e. The van der Waals surface area contributed by atoms with Crippen LogP contribution in [0.5, 0.6) is 0 Å². The van der Waals surface area contributed by atoms with Crippen molar-refractivity contribution in [3.8, 4) is 0 Å². The van der Waals surface area contributed by atoms with Gasteiger partial charge in [-0.2, -0.15) is 13.2 Å². The van der Waals surface area contributed by atoms with E-state index in [-0.39, 0.29) is 5.91 Å². The van der Waals surface area contributed by atoms with Crippen LogP contribution in [0.1, 0.15) is 21.5 Å². The van der Waals surface area contributed by atoms with Crippen LogP contribution >= 0.6 is 34.2 Å². The van der Waals surface area contributed by atoms with Gasteiger partial charge in [-0.05, 0) is 64.9 Å². The average Bonchev–Trinajstić information content (AvgIpc) is 2.46. The highest BCUT2D eigenvalue weighted by Crippen LogP contribution is 2.29. The standard InChI is InChI=1S/C16H12ClF3INO/c17-12-5-6-13(14(21)9-12)15(23)22-8-7-10-1-3-11(4-2-10)16(18,19)20/h1-6,9H,7-8H2,(H,22,23). The van der Waals surface area contributed by atoms with Crippen molar-refractivity contribution in [2.24, 2.45) is 0 Å². The van der Waals surface area contributed by atoms with Gasteiger partial charge in [0, 0.05) is 15.1 Å². The number of rotatable bonds is 4. The molecule has 23 heavy (non-hydrogen) atoms. The average molecular weight is 454 g/mol. The first-order valence-corrected chi connectivity index (χ1v) is 8.12. The Morgan fingerprint density at radius 2 is 1.78 bits per heavy atom. The molecule has 1 amide bonds. The Morgan fingerprint density at radius 3 is 2.35 bits per heavy atom. The molecule has 0 aliphatic heterocycles. The molecular weight excluding hydrogens is 442 g/mol. The van der Waals surface area contributed by atoms with Gasteiger partial charge in [-0.15, -0.1) is 0 Å². The fourth-order valence-electron chi connectivity index (χ4n) is 1.95. The fourth-order valence-corrected chi connectivity index (χ4v) is 3.07. The van der Waals surface area contributed by atoms with Gasteiger partial charge in [0.15, 0.2) is 0 Å². The molecule has 2 nitrogen and oxygen atoms in total. The monoisotopic (exact) mass is 453 g/mol. The predicted molar refractivity (Wildman–Crippen MR) is 91.7 cm³/mol. The lowest BCUT2D eigenvalue weighted by molar-refractivity contribution is -0.137. The van der Waals surface area contributed by atoms with Gasteiger partial charge in [-0.25, -0.2) is 0 Å². The van der Waals surface area contributed by atoms with E-state index in [1.165, 1.54) is 12.1 Å². The van der Waals surface area contributed by atoms with Gasteiger partial charge in [0.25, 0.3) is 5.91 Å². The van der Waals surface area contributed by atoms with Gasteiger partial charge >= 0.3 is 6.18 Å². The lowest BCUT2D eigenvalue weighted by Crippen LogP contribution is -2.26. The molecule has 0 saturated heterocycles. The molecule has 0 fully saturated rings. The molecule has 7 heteroatoms. The van der Waals surface area contributed by atoms with Crippen LogP contribution in [0.3, 0.4) is 0 Å². The molecule has 2 rings (SSSR count). The Kier molecular flexibility index (Phi) is 5.91. The van der Waals surface area contributed by atoms with E-state index < -0.39 is 11.7 Å². The van der Waals surface area contributed by atoms with Gasteiger partial charge in [0.1, 0.15) is 0 Å². The summed E-state index contributed by atoms with van der Waals surface area (Å²) >= 11 is 7.86. The summed E-state index contributed by atoms with van der Waals surface area (Å²) in [5.74, 6) is -0.238. The van der Waals surface area contributed by atoms with Crippen LogP contribution in [-0.2, 0) is 12.6 Å². The van der Waals surface area contributed by atoms with Gasteiger partial charge in [0.2, 0.25) is 0 Å². The molecule has 0 aromatic heterocycles. The van der Waals surface area contributed by atoms with Gasteiger partial charge in [-0.3, -0.25) is 4.79 Å². The van der Waals surface area contributed by atoms with Crippen LogP contribution in [0.25, 0.3) is 0 Å². The molecule has 0 unspecified atom stereocenters. The van der Waals surface area contributed by atoms with E-state index in [2.05, 4.69) is 5.32 Å². The number of amides is 1. The van der Waals surface area contributed by atoms with Crippen molar-refractivity contribution in [3.63, 3.8) is 0 Å². The normalized spacial score (nSPS) is 11.3. The highest BCUT2D eigenvalue weighted by Gasteiger charge is 2.29. The maximum absolute atomic E-state index is 12.5. The molecule has 1 N–H and O–H groups in total. The molecule has 0 spiro atoms. The topological polar surface area (TPSA) is 29.1 Å². The quantitative estimate of drug-likeness (QED) is 0.653. The second-order valence-electron chi connectivity index (χ2n) is 4.82. The lowest BCUT2D eigenvalue weighted by Gasteiger charge is -2.09. The number of benzene rings is 2. The molecular formula is C16H12ClF3INO. The zero-order chi connectivity index (χ0) is 17.0. The van der Waals surface area contributed by atoms with Crippen LogP contribution in [0, 0.1) is 3.57 Å².